The molecule has 2 saturated carbocycles. The van der Waals surface area contributed by atoms with Crippen LogP contribution in [0.4, 0.5) is 0 Å². The van der Waals surface area contributed by atoms with Gasteiger partial charge in [-0.15, -0.1) is 0 Å². The first-order chi connectivity index (χ1) is 8.69. The van der Waals surface area contributed by atoms with Crippen molar-refractivity contribution in [1.82, 2.24) is 10.6 Å². The number of nitrogens with one attached hydrogen (secondary N) is 2. The quantitative estimate of drug-likeness (QED) is 0.731. The van der Waals surface area contributed by atoms with Gasteiger partial charge < -0.3 is 10.6 Å². The molecule has 0 spiro atoms. The predicted molar refractivity (Wildman–Crippen MR) is 74.4 cm³/mol. The minimum Gasteiger partial charge on any atom is -0.352 e. The molecule has 0 aromatic carbocycles. The molecule has 2 N–H and O–H groups in total. The van der Waals surface area contributed by atoms with E-state index in [4.69, 9.17) is 0 Å². The van der Waals surface area contributed by atoms with Crippen molar-refractivity contribution in [3.05, 3.63) is 0 Å². The standard InChI is InChI=1S/C15H28N2O/c1-3-13(10-12-8-9-12)16-11(2)15(18)17-14-6-4-5-7-14/h11-14,16H,3-10H2,1-2H3,(H,17,18). The van der Waals surface area contributed by atoms with Crippen molar-refractivity contribution in [1.29, 1.82) is 0 Å². The van der Waals surface area contributed by atoms with Crippen LogP contribution in [0, 0.1) is 5.92 Å². The predicted octanol–water partition coefficient (Wildman–Crippen LogP) is 2.60. The van der Waals surface area contributed by atoms with Crippen LogP contribution >= 0.6 is 0 Å². The summed E-state index contributed by atoms with van der Waals surface area (Å²) in [5.41, 5.74) is 0. The molecule has 0 aromatic heterocycles. The minimum absolute atomic E-state index is 0.0469. The highest BCUT2D eigenvalue weighted by Crippen LogP contribution is 2.34. The summed E-state index contributed by atoms with van der Waals surface area (Å²) in [6, 6.07) is 0.904. The monoisotopic (exact) mass is 252 g/mol. The van der Waals surface area contributed by atoms with Crippen LogP contribution in [-0.2, 0) is 4.79 Å². The SMILES string of the molecule is CCC(CC1CC1)NC(C)C(=O)NC1CCCC1. The van der Waals surface area contributed by atoms with Crippen LogP contribution in [0.5, 0.6) is 0 Å². The highest BCUT2D eigenvalue weighted by atomic mass is 16.2. The third-order valence-corrected chi connectivity index (χ3v) is 4.39. The summed E-state index contributed by atoms with van der Waals surface area (Å²) in [6.45, 7) is 4.21. The van der Waals surface area contributed by atoms with E-state index in [1.807, 2.05) is 6.92 Å². The van der Waals surface area contributed by atoms with Crippen LogP contribution in [0.3, 0.4) is 0 Å². The molecule has 0 radical (unpaired) electrons. The first-order valence-electron chi connectivity index (χ1n) is 7.75. The van der Waals surface area contributed by atoms with Crippen molar-refractivity contribution in [2.24, 2.45) is 5.92 Å². The van der Waals surface area contributed by atoms with Gasteiger partial charge in [0.2, 0.25) is 5.91 Å². The molecule has 104 valence electrons. The zero-order chi connectivity index (χ0) is 13.0. The highest BCUT2D eigenvalue weighted by Gasteiger charge is 2.27. The normalized spacial score (nSPS) is 23.9. The molecule has 0 heterocycles. The summed E-state index contributed by atoms with van der Waals surface area (Å²) in [4.78, 5) is 12.1. The maximum absolute atomic E-state index is 12.1. The van der Waals surface area contributed by atoms with E-state index in [1.54, 1.807) is 0 Å². The van der Waals surface area contributed by atoms with Gasteiger partial charge in [0.15, 0.2) is 0 Å². The van der Waals surface area contributed by atoms with Crippen molar-refractivity contribution in [2.45, 2.75) is 83.3 Å². The summed E-state index contributed by atoms with van der Waals surface area (Å²) >= 11 is 0. The average molecular weight is 252 g/mol. The lowest BCUT2D eigenvalue weighted by Gasteiger charge is -2.23. The zero-order valence-corrected chi connectivity index (χ0v) is 11.9. The van der Waals surface area contributed by atoms with Crippen LogP contribution in [0.25, 0.3) is 0 Å². The first kappa shape index (κ1) is 13.9. The van der Waals surface area contributed by atoms with Gasteiger partial charge in [-0.3, -0.25) is 4.79 Å². The lowest BCUT2D eigenvalue weighted by Crippen LogP contribution is -2.48. The Morgan fingerprint density at radius 2 is 1.89 bits per heavy atom. The molecular weight excluding hydrogens is 224 g/mol. The van der Waals surface area contributed by atoms with E-state index >= 15 is 0 Å². The molecule has 2 aliphatic carbocycles. The van der Waals surface area contributed by atoms with E-state index < -0.39 is 0 Å². The van der Waals surface area contributed by atoms with Crippen LogP contribution in [0.2, 0.25) is 0 Å². The lowest BCUT2D eigenvalue weighted by atomic mass is 10.1. The Balaban J connectivity index is 1.70. The number of amides is 1. The summed E-state index contributed by atoms with van der Waals surface area (Å²) in [7, 11) is 0. The Morgan fingerprint density at radius 3 is 2.44 bits per heavy atom. The van der Waals surface area contributed by atoms with Gasteiger partial charge >= 0.3 is 0 Å². The van der Waals surface area contributed by atoms with Crippen molar-refractivity contribution >= 4 is 5.91 Å². The van der Waals surface area contributed by atoms with Crippen LogP contribution in [0.15, 0.2) is 0 Å². The fraction of sp³-hybridized carbons (Fsp3) is 0.933. The van der Waals surface area contributed by atoms with E-state index in [-0.39, 0.29) is 11.9 Å². The van der Waals surface area contributed by atoms with Gasteiger partial charge in [-0.2, -0.15) is 0 Å². The largest absolute Gasteiger partial charge is 0.352 e. The molecule has 3 heteroatoms. The van der Waals surface area contributed by atoms with Crippen LogP contribution < -0.4 is 10.6 Å². The molecule has 2 fully saturated rings. The van der Waals surface area contributed by atoms with Crippen molar-refractivity contribution in [2.75, 3.05) is 0 Å². The molecular formula is C15H28N2O. The summed E-state index contributed by atoms with van der Waals surface area (Å²) in [5, 5.41) is 6.68. The van der Waals surface area contributed by atoms with E-state index in [9.17, 15) is 4.79 Å². The van der Waals surface area contributed by atoms with Crippen LogP contribution in [0.1, 0.15) is 65.2 Å². The maximum atomic E-state index is 12.1. The van der Waals surface area contributed by atoms with Crippen molar-refractivity contribution < 1.29 is 4.79 Å². The van der Waals surface area contributed by atoms with E-state index in [1.165, 1.54) is 32.1 Å². The van der Waals surface area contributed by atoms with Crippen molar-refractivity contribution in [3.63, 3.8) is 0 Å². The second-order valence-corrected chi connectivity index (χ2v) is 6.16. The molecule has 3 nitrogen and oxygen atoms in total. The van der Waals surface area contributed by atoms with Crippen LogP contribution in [-0.4, -0.2) is 24.0 Å². The van der Waals surface area contributed by atoms with Gasteiger partial charge in [0.05, 0.1) is 6.04 Å². The van der Waals surface area contributed by atoms with Gasteiger partial charge in [-0.05, 0) is 38.5 Å². The third-order valence-electron chi connectivity index (χ3n) is 4.39. The summed E-state index contributed by atoms with van der Waals surface area (Å²) in [5.74, 6) is 1.11. The van der Waals surface area contributed by atoms with E-state index in [0.717, 1.165) is 25.2 Å². The second-order valence-electron chi connectivity index (χ2n) is 6.16. The minimum atomic E-state index is -0.0469. The molecule has 2 atom stereocenters. The van der Waals surface area contributed by atoms with Gasteiger partial charge in [0, 0.05) is 12.1 Å². The molecule has 0 aliphatic heterocycles. The molecule has 0 aromatic rings. The molecule has 2 unspecified atom stereocenters. The number of hydrogen-bond donors (Lipinski definition) is 2. The number of carbonyl (C=O) groups excluding carboxylic acids is 1. The van der Waals surface area contributed by atoms with Gasteiger partial charge in [-0.1, -0.05) is 32.6 Å². The smallest absolute Gasteiger partial charge is 0.237 e. The number of rotatable bonds is 7. The van der Waals surface area contributed by atoms with E-state index in [0.29, 0.717) is 12.1 Å². The molecule has 18 heavy (non-hydrogen) atoms. The summed E-state index contributed by atoms with van der Waals surface area (Å²) in [6.07, 6.45) is 10.0. The van der Waals surface area contributed by atoms with Crippen molar-refractivity contribution in [3.8, 4) is 0 Å². The topological polar surface area (TPSA) is 41.1 Å². The molecule has 0 bridgehead atoms. The molecule has 1 amide bonds. The highest BCUT2D eigenvalue weighted by molar-refractivity contribution is 5.81. The molecule has 2 aliphatic rings. The maximum Gasteiger partial charge on any atom is 0.237 e. The fourth-order valence-electron chi connectivity index (χ4n) is 2.93. The van der Waals surface area contributed by atoms with Gasteiger partial charge in [0.25, 0.3) is 0 Å². The Bertz CT molecular complexity index is 270. The average Bonchev–Trinajstić information content (AvgIpc) is 3.03. The van der Waals surface area contributed by atoms with E-state index in [2.05, 4.69) is 17.6 Å². The second kappa shape index (κ2) is 6.55. The Morgan fingerprint density at radius 1 is 1.22 bits per heavy atom. The first-order valence-corrected chi connectivity index (χ1v) is 7.75. The third kappa shape index (κ3) is 4.27. The number of hydrogen-bond acceptors (Lipinski definition) is 2. The van der Waals surface area contributed by atoms with Gasteiger partial charge in [0.1, 0.15) is 0 Å². The lowest BCUT2D eigenvalue weighted by molar-refractivity contribution is -0.123. The fourth-order valence-corrected chi connectivity index (χ4v) is 2.93. The zero-order valence-electron chi connectivity index (χ0n) is 11.9. The Kier molecular flexibility index (Phi) is 5.04. The number of carbonyl (C=O) groups is 1. The van der Waals surface area contributed by atoms with Gasteiger partial charge in [-0.25, -0.2) is 0 Å². The summed E-state index contributed by atoms with van der Waals surface area (Å²) < 4.78 is 0. The molecule has 2 rings (SSSR count). The Labute approximate surface area is 111 Å². The Hall–Kier alpha value is -0.570. The molecule has 0 saturated heterocycles.